The Morgan fingerprint density at radius 3 is 2.91 bits per heavy atom. The Morgan fingerprint density at radius 2 is 2.18 bits per heavy atom. The molecule has 0 unspecified atom stereocenters. The number of Topliss-reactive ketones (excluding diaryl/α,β-unsaturated/α-hetero) is 1. The Morgan fingerprint density at radius 1 is 1.32 bits per heavy atom. The molecular formula is C18H16O3S. The summed E-state index contributed by atoms with van der Waals surface area (Å²) in [6.07, 6.45) is 3.78. The lowest BCUT2D eigenvalue weighted by atomic mass is 10.1. The summed E-state index contributed by atoms with van der Waals surface area (Å²) in [5.74, 6) is 1.53. The molecule has 2 heterocycles. The number of rotatable bonds is 4. The lowest BCUT2D eigenvalue weighted by Crippen LogP contribution is -1.97. The molecule has 0 saturated heterocycles. The lowest BCUT2D eigenvalue weighted by Gasteiger charge is -2.05. The van der Waals surface area contributed by atoms with Crippen LogP contribution in [0, 0.1) is 0 Å². The molecule has 0 aliphatic carbocycles. The number of carbonyl (C=O) groups is 1. The van der Waals surface area contributed by atoms with E-state index >= 15 is 0 Å². The minimum Gasteiger partial charge on any atom is -0.489 e. The first-order valence-corrected chi connectivity index (χ1v) is 7.89. The third kappa shape index (κ3) is 3.12. The maximum absolute atomic E-state index is 12.3. The number of carbonyl (C=O) groups excluding carboxylic acids is 1. The molecule has 0 amide bonds. The Balaban J connectivity index is 1.79. The number of allylic oxidation sites excluding steroid dienone is 2. The average Bonchev–Trinajstić information content (AvgIpc) is 3.08. The second-order valence-corrected chi connectivity index (χ2v) is 6.18. The van der Waals surface area contributed by atoms with E-state index in [9.17, 15) is 4.79 Å². The van der Waals surface area contributed by atoms with Crippen LogP contribution < -0.4 is 9.47 Å². The molecule has 3 nitrogen and oxygen atoms in total. The molecule has 1 aliphatic heterocycles. The molecule has 3 rings (SSSR count). The quantitative estimate of drug-likeness (QED) is 0.606. The van der Waals surface area contributed by atoms with Crippen molar-refractivity contribution in [1.82, 2.24) is 0 Å². The van der Waals surface area contributed by atoms with Gasteiger partial charge < -0.3 is 9.47 Å². The predicted molar refractivity (Wildman–Crippen MR) is 88.6 cm³/mol. The highest BCUT2D eigenvalue weighted by Gasteiger charge is 2.27. The SMILES string of the molecule is CC(C)=CCOc1ccc2c(c1)OC(=Cc1cccs1)C2=O. The summed E-state index contributed by atoms with van der Waals surface area (Å²) in [6, 6.07) is 9.21. The maximum atomic E-state index is 12.3. The highest BCUT2D eigenvalue weighted by molar-refractivity contribution is 7.10. The fourth-order valence-electron chi connectivity index (χ4n) is 2.06. The van der Waals surface area contributed by atoms with Gasteiger partial charge in [-0.25, -0.2) is 0 Å². The van der Waals surface area contributed by atoms with Crippen LogP contribution in [-0.2, 0) is 0 Å². The third-order valence-corrected chi connectivity index (χ3v) is 4.02. The molecule has 22 heavy (non-hydrogen) atoms. The molecule has 2 aromatic rings. The van der Waals surface area contributed by atoms with Crippen LogP contribution in [-0.4, -0.2) is 12.4 Å². The van der Waals surface area contributed by atoms with Crippen molar-refractivity contribution in [2.75, 3.05) is 6.61 Å². The molecule has 0 N–H and O–H groups in total. The van der Waals surface area contributed by atoms with E-state index in [-0.39, 0.29) is 5.78 Å². The molecular weight excluding hydrogens is 296 g/mol. The third-order valence-electron chi connectivity index (χ3n) is 3.20. The van der Waals surface area contributed by atoms with E-state index in [0.29, 0.717) is 29.4 Å². The molecule has 1 aromatic carbocycles. The van der Waals surface area contributed by atoms with Crippen LogP contribution in [0.5, 0.6) is 11.5 Å². The van der Waals surface area contributed by atoms with Crippen molar-refractivity contribution in [3.63, 3.8) is 0 Å². The van der Waals surface area contributed by atoms with E-state index in [0.717, 1.165) is 4.88 Å². The van der Waals surface area contributed by atoms with Gasteiger partial charge >= 0.3 is 0 Å². The Labute approximate surface area is 133 Å². The zero-order chi connectivity index (χ0) is 15.5. The second kappa shape index (κ2) is 6.20. The van der Waals surface area contributed by atoms with Gasteiger partial charge in [-0.15, -0.1) is 11.3 Å². The second-order valence-electron chi connectivity index (χ2n) is 5.21. The summed E-state index contributed by atoms with van der Waals surface area (Å²) in [7, 11) is 0. The fraction of sp³-hybridized carbons (Fsp3) is 0.167. The monoisotopic (exact) mass is 312 g/mol. The fourth-order valence-corrected chi connectivity index (χ4v) is 2.71. The van der Waals surface area contributed by atoms with Gasteiger partial charge in [-0.3, -0.25) is 4.79 Å². The molecule has 0 atom stereocenters. The summed E-state index contributed by atoms with van der Waals surface area (Å²) in [4.78, 5) is 13.3. The van der Waals surface area contributed by atoms with Crippen LogP contribution in [0.3, 0.4) is 0 Å². The smallest absolute Gasteiger partial charge is 0.232 e. The summed E-state index contributed by atoms with van der Waals surface area (Å²) < 4.78 is 11.3. The zero-order valence-corrected chi connectivity index (χ0v) is 13.3. The molecule has 0 fully saturated rings. The van der Waals surface area contributed by atoms with Crippen LogP contribution in [0.2, 0.25) is 0 Å². The van der Waals surface area contributed by atoms with E-state index in [1.54, 1.807) is 35.6 Å². The minimum absolute atomic E-state index is 0.0840. The van der Waals surface area contributed by atoms with Crippen LogP contribution in [0.1, 0.15) is 29.1 Å². The van der Waals surface area contributed by atoms with E-state index < -0.39 is 0 Å². The van der Waals surface area contributed by atoms with Crippen LogP contribution in [0.15, 0.2) is 53.1 Å². The van der Waals surface area contributed by atoms with E-state index in [1.807, 2.05) is 37.4 Å². The van der Waals surface area contributed by atoms with Gasteiger partial charge in [-0.2, -0.15) is 0 Å². The van der Waals surface area contributed by atoms with Crippen molar-refractivity contribution in [1.29, 1.82) is 0 Å². The van der Waals surface area contributed by atoms with Gasteiger partial charge in [-0.1, -0.05) is 11.6 Å². The van der Waals surface area contributed by atoms with Gasteiger partial charge in [-0.05, 0) is 43.5 Å². The Bertz CT molecular complexity index is 751. The van der Waals surface area contributed by atoms with Crippen molar-refractivity contribution in [2.24, 2.45) is 0 Å². The van der Waals surface area contributed by atoms with Crippen molar-refractivity contribution in [2.45, 2.75) is 13.8 Å². The number of thiophene rings is 1. The first kappa shape index (κ1) is 14.6. The summed E-state index contributed by atoms with van der Waals surface area (Å²) in [6.45, 7) is 4.55. The first-order chi connectivity index (χ1) is 10.6. The van der Waals surface area contributed by atoms with Crippen molar-refractivity contribution < 1.29 is 14.3 Å². The normalized spacial score (nSPS) is 14.6. The maximum Gasteiger partial charge on any atom is 0.232 e. The standard InChI is InChI=1S/C18H16O3S/c1-12(2)7-8-20-13-5-6-15-16(10-13)21-17(18(15)19)11-14-4-3-9-22-14/h3-7,9-11H,8H2,1-2H3. The molecule has 1 aliphatic rings. The number of fused-ring (bicyclic) bond motifs is 1. The minimum atomic E-state index is -0.0840. The van der Waals surface area contributed by atoms with Gasteiger partial charge in [0, 0.05) is 17.0 Å². The number of benzene rings is 1. The predicted octanol–water partition coefficient (Wildman–Crippen LogP) is 4.71. The molecule has 0 spiro atoms. The van der Waals surface area contributed by atoms with Crippen molar-refractivity contribution in [3.8, 4) is 11.5 Å². The average molecular weight is 312 g/mol. The van der Waals surface area contributed by atoms with E-state index in [1.165, 1.54) is 5.57 Å². The highest BCUT2D eigenvalue weighted by Crippen LogP contribution is 2.35. The lowest BCUT2D eigenvalue weighted by molar-refractivity contribution is 0.101. The molecule has 112 valence electrons. The number of hydrogen-bond donors (Lipinski definition) is 0. The molecule has 0 radical (unpaired) electrons. The molecule has 1 aromatic heterocycles. The summed E-state index contributed by atoms with van der Waals surface area (Å²) >= 11 is 1.57. The largest absolute Gasteiger partial charge is 0.489 e. The number of ketones is 1. The van der Waals surface area contributed by atoms with Crippen molar-refractivity contribution in [3.05, 3.63) is 63.6 Å². The topological polar surface area (TPSA) is 35.5 Å². The molecule has 0 saturated carbocycles. The van der Waals surface area contributed by atoms with Crippen LogP contribution in [0.25, 0.3) is 6.08 Å². The summed E-state index contributed by atoms with van der Waals surface area (Å²) in [5.41, 5.74) is 1.78. The van der Waals surface area contributed by atoms with E-state index in [4.69, 9.17) is 9.47 Å². The van der Waals surface area contributed by atoms with Gasteiger partial charge in [0.1, 0.15) is 18.1 Å². The highest BCUT2D eigenvalue weighted by atomic mass is 32.1. The first-order valence-electron chi connectivity index (χ1n) is 7.01. The van der Waals surface area contributed by atoms with Crippen molar-refractivity contribution >= 4 is 23.2 Å². The number of hydrogen-bond acceptors (Lipinski definition) is 4. The Kier molecular flexibility index (Phi) is 4.11. The number of ether oxygens (including phenoxy) is 2. The van der Waals surface area contributed by atoms with Crippen LogP contribution >= 0.6 is 11.3 Å². The van der Waals surface area contributed by atoms with Gasteiger partial charge in [0.2, 0.25) is 5.78 Å². The van der Waals surface area contributed by atoms with Crippen LogP contribution in [0.4, 0.5) is 0 Å². The van der Waals surface area contributed by atoms with Gasteiger partial charge in [0.05, 0.1) is 5.56 Å². The van der Waals surface area contributed by atoms with E-state index in [2.05, 4.69) is 0 Å². The van der Waals surface area contributed by atoms with Gasteiger partial charge in [0.25, 0.3) is 0 Å². The van der Waals surface area contributed by atoms with Gasteiger partial charge in [0.15, 0.2) is 5.76 Å². The zero-order valence-electron chi connectivity index (χ0n) is 12.5. The molecule has 4 heteroatoms. The summed E-state index contributed by atoms with van der Waals surface area (Å²) in [5, 5.41) is 1.97. The molecule has 0 bridgehead atoms. The Hall–Kier alpha value is -2.33.